The predicted molar refractivity (Wildman–Crippen MR) is 105 cm³/mol. The summed E-state index contributed by atoms with van der Waals surface area (Å²) in [5, 5.41) is 2.37. The highest BCUT2D eigenvalue weighted by atomic mass is 79.9. The van der Waals surface area contributed by atoms with Crippen LogP contribution >= 0.6 is 15.9 Å². The van der Waals surface area contributed by atoms with E-state index in [0.29, 0.717) is 5.56 Å². The largest absolute Gasteiger partial charge is 0.366 e. The van der Waals surface area contributed by atoms with Gasteiger partial charge in [0.05, 0.1) is 0 Å². The highest BCUT2D eigenvalue weighted by Crippen LogP contribution is 2.40. The van der Waals surface area contributed by atoms with E-state index in [2.05, 4.69) is 34.1 Å². The number of rotatable bonds is 1. The minimum absolute atomic E-state index is 0.216. The summed E-state index contributed by atoms with van der Waals surface area (Å²) in [6.07, 6.45) is 0.751. The van der Waals surface area contributed by atoms with Crippen LogP contribution in [0.25, 0.3) is 10.8 Å². The summed E-state index contributed by atoms with van der Waals surface area (Å²) in [5.74, 6) is 0.750. The van der Waals surface area contributed by atoms with Gasteiger partial charge in [-0.25, -0.2) is 4.39 Å². The summed E-state index contributed by atoms with van der Waals surface area (Å²) in [7, 11) is 3.98. The average Bonchev–Trinajstić information content (AvgIpc) is 2.62. The quantitative estimate of drug-likeness (QED) is 0.541. The summed E-state index contributed by atoms with van der Waals surface area (Å²) in [6.45, 7) is 0. The number of fused-ring (bicyclic) bond motifs is 3. The summed E-state index contributed by atoms with van der Waals surface area (Å²) < 4.78 is 15.5. The lowest BCUT2D eigenvalue weighted by Gasteiger charge is -2.29. The van der Waals surface area contributed by atoms with Crippen molar-refractivity contribution >= 4 is 32.5 Å². The van der Waals surface area contributed by atoms with Crippen LogP contribution in [0.2, 0.25) is 0 Å². The molecule has 0 spiro atoms. The average molecular weight is 397 g/mol. The van der Waals surface area contributed by atoms with Crippen molar-refractivity contribution in [2.24, 2.45) is 4.99 Å². The summed E-state index contributed by atoms with van der Waals surface area (Å²) in [5.41, 5.74) is 2.91. The third-order valence-corrected chi connectivity index (χ3v) is 5.42. The van der Waals surface area contributed by atoms with Gasteiger partial charge in [-0.3, -0.25) is 4.99 Å². The molecule has 0 bridgehead atoms. The number of hydrogen-bond donors (Lipinski definition) is 0. The zero-order valence-electron chi connectivity index (χ0n) is 14.1. The number of aliphatic imine (C=N–C) groups is 1. The van der Waals surface area contributed by atoms with E-state index >= 15 is 0 Å². The lowest BCUT2D eigenvalue weighted by molar-refractivity contribution is 0.575. The monoisotopic (exact) mass is 396 g/mol. The Kier molecular flexibility index (Phi) is 4.08. The molecule has 0 radical (unpaired) electrons. The number of likely N-dealkylation sites (N-methyl/N-ethyl adjacent to an activating group) is 1. The van der Waals surface area contributed by atoms with Crippen LogP contribution in [0, 0.1) is 5.82 Å². The van der Waals surface area contributed by atoms with Crippen molar-refractivity contribution in [2.45, 2.75) is 12.5 Å². The first-order chi connectivity index (χ1) is 12.1. The second kappa shape index (κ2) is 6.26. The van der Waals surface area contributed by atoms with Crippen molar-refractivity contribution in [3.63, 3.8) is 0 Å². The summed E-state index contributed by atoms with van der Waals surface area (Å²) in [4.78, 5) is 6.90. The van der Waals surface area contributed by atoms with E-state index in [9.17, 15) is 4.39 Å². The Morgan fingerprint density at radius 3 is 2.40 bits per heavy atom. The van der Waals surface area contributed by atoms with Gasteiger partial charge in [-0.05, 0) is 34.0 Å². The van der Waals surface area contributed by atoms with Gasteiger partial charge in [0.25, 0.3) is 0 Å². The van der Waals surface area contributed by atoms with Crippen LogP contribution in [0.3, 0.4) is 0 Å². The molecule has 126 valence electrons. The molecule has 3 aromatic carbocycles. The third kappa shape index (κ3) is 2.74. The molecule has 0 saturated heterocycles. The molecular formula is C21H18BrFN2. The minimum Gasteiger partial charge on any atom is -0.366 e. The van der Waals surface area contributed by atoms with E-state index in [1.807, 2.05) is 43.3 Å². The molecule has 1 heterocycles. The highest BCUT2D eigenvalue weighted by molar-refractivity contribution is 9.10. The topological polar surface area (TPSA) is 15.6 Å². The van der Waals surface area contributed by atoms with Crippen LogP contribution in [0.4, 0.5) is 4.39 Å². The van der Waals surface area contributed by atoms with Crippen molar-refractivity contribution in [1.29, 1.82) is 0 Å². The van der Waals surface area contributed by atoms with Gasteiger partial charge in [-0.15, -0.1) is 0 Å². The first-order valence-electron chi connectivity index (χ1n) is 8.24. The summed E-state index contributed by atoms with van der Waals surface area (Å²) in [6, 6.07) is 17.0. The first-order valence-corrected chi connectivity index (χ1v) is 9.04. The molecule has 25 heavy (non-hydrogen) atoms. The van der Waals surface area contributed by atoms with Gasteiger partial charge in [0, 0.05) is 30.6 Å². The normalized spacial score (nSPS) is 16.5. The molecule has 4 rings (SSSR count). The molecule has 1 unspecified atom stereocenters. The van der Waals surface area contributed by atoms with E-state index < -0.39 is 0 Å². The summed E-state index contributed by atoms with van der Waals surface area (Å²) >= 11 is 3.69. The molecular weight excluding hydrogens is 379 g/mol. The third-order valence-electron chi connectivity index (χ3n) is 4.76. The standard InChI is InChI=1S/C21H18BrFN2/c1-25(2)20-12-16-13-7-3-4-8-14(13)18(22)11-17(16)21(24-20)15-9-5-6-10-19(15)23/h3-11,21H,12H2,1-2H3. The molecule has 3 aromatic rings. The zero-order chi connectivity index (χ0) is 17.6. The van der Waals surface area contributed by atoms with E-state index in [1.165, 1.54) is 22.4 Å². The second-order valence-electron chi connectivity index (χ2n) is 6.51. The van der Waals surface area contributed by atoms with Gasteiger partial charge in [-0.1, -0.05) is 58.4 Å². The van der Waals surface area contributed by atoms with E-state index in [1.54, 1.807) is 6.07 Å². The molecule has 1 atom stereocenters. The highest BCUT2D eigenvalue weighted by Gasteiger charge is 2.28. The molecule has 0 N–H and O–H groups in total. The first kappa shape index (κ1) is 16.3. The number of benzene rings is 3. The fourth-order valence-electron chi connectivity index (χ4n) is 3.48. The molecule has 1 aliphatic heterocycles. The van der Waals surface area contributed by atoms with Crippen LogP contribution in [-0.4, -0.2) is 24.8 Å². The molecule has 2 nitrogen and oxygen atoms in total. The van der Waals surface area contributed by atoms with Crippen LogP contribution < -0.4 is 0 Å². The molecule has 0 amide bonds. The van der Waals surface area contributed by atoms with Crippen molar-refractivity contribution in [3.05, 3.63) is 81.6 Å². The predicted octanol–water partition coefficient (Wildman–Crippen LogP) is 5.35. The maximum Gasteiger partial charge on any atom is 0.128 e. The van der Waals surface area contributed by atoms with Crippen LogP contribution in [0.1, 0.15) is 22.7 Å². The van der Waals surface area contributed by atoms with Crippen molar-refractivity contribution in [2.75, 3.05) is 14.1 Å². The van der Waals surface area contributed by atoms with Gasteiger partial charge in [0.2, 0.25) is 0 Å². The van der Waals surface area contributed by atoms with Gasteiger partial charge in [-0.2, -0.15) is 0 Å². The fraction of sp³-hybridized carbons (Fsp3) is 0.190. The molecule has 4 heteroatoms. The van der Waals surface area contributed by atoms with E-state index in [0.717, 1.165) is 22.3 Å². The van der Waals surface area contributed by atoms with E-state index in [-0.39, 0.29) is 11.9 Å². The molecule has 1 aliphatic rings. The fourth-order valence-corrected chi connectivity index (χ4v) is 4.07. The molecule has 0 fully saturated rings. The Morgan fingerprint density at radius 1 is 1.00 bits per heavy atom. The number of nitrogens with zero attached hydrogens (tertiary/aromatic N) is 2. The maximum atomic E-state index is 14.5. The zero-order valence-corrected chi connectivity index (χ0v) is 15.7. The maximum absolute atomic E-state index is 14.5. The Labute approximate surface area is 155 Å². The number of halogens is 2. The number of hydrogen-bond acceptors (Lipinski definition) is 2. The Balaban J connectivity index is 2.02. The smallest absolute Gasteiger partial charge is 0.128 e. The SMILES string of the molecule is CN(C)C1=NC(c2ccccc2F)c2cc(Br)c3ccccc3c2C1. The minimum atomic E-state index is -0.330. The van der Waals surface area contributed by atoms with Crippen LogP contribution in [0.15, 0.2) is 64.1 Å². The molecule has 0 aromatic heterocycles. The molecule has 0 saturated carbocycles. The molecule has 0 aliphatic carbocycles. The lowest BCUT2D eigenvalue weighted by atomic mass is 9.87. The number of amidine groups is 1. The van der Waals surface area contributed by atoms with E-state index in [4.69, 9.17) is 4.99 Å². The second-order valence-corrected chi connectivity index (χ2v) is 7.37. The van der Waals surface area contributed by atoms with Crippen LogP contribution in [-0.2, 0) is 6.42 Å². The van der Waals surface area contributed by atoms with Gasteiger partial charge in [0.1, 0.15) is 17.7 Å². The van der Waals surface area contributed by atoms with Gasteiger partial charge >= 0.3 is 0 Å². The van der Waals surface area contributed by atoms with Crippen LogP contribution in [0.5, 0.6) is 0 Å². The Hall–Kier alpha value is -2.20. The van der Waals surface area contributed by atoms with Gasteiger partial charge < -0.3 is 4.90 Å². The van der Waals surface area contributed by atoms with Crippen molar-refractivity contribution in [3.8, 4) is 0 Å². The Morgan fingerprint density at radius 2 is 1.68 bits per heavy atom. The van der Waals surface area contributed by atoms with Crippen molar-refractivity contribution in [1.82, 2.24) is 4.90 Å². The van der Waals surface area contributed by atoms with Gasteiger partial charge in [0.15, 0.2) is 0 Å². The van der Waals surface area contributed by atoms with Crippen molar-refractivity contribution < 1.29 is 4.39 Å². The lowest BCUT2D eigenvalue weighted by Crippen LogP contribution is -2.29. The Bertz CT molecular complexity index is 994.